The van der Waals surface area contributed by atoms with E-state index < -0.39 is 16.1 Å². The first-order valence-electron chi connectivity index (χ1n) is 7.48. The number of hydrogen-bond donors (Lipinski definition) is 1. The lowest BCUT2D eigenvalue weighted by Gasteiger charge is -2.18. The molecule has 0 saturated heterocycles. The molecule has 3 rings (SSSR count). The summed E-state index contributed by atoms with van der Waals surface area (Å²) in [7, 11) is -3.80. The van der Waals surface area contributed by atoms with E-state index in [2.05, 4.69) is 19.7 Å². The highest BCUT2D eigenvalue weighted by Gasteiger charge is 2.24. The SMILES string of the molecule is CCOc1ccccc1[C@@H](C)NS(=O)(=O)c1cccc2nonc12. The van der Waals surface area contributed by atoms with E-state index in [9.17, 15) is 8.42 Å². The van der Waals surface area contributed by atoms with Crippen molar-refractivity contribution < 1.29 is 17.8 Å². The second kappa shape index (κ2) is 6.58. The largest absolute Gasteiger partial charge is 0.494 e. The smallest absolute Gasteiger partial charge is 0.243 e. The number of benzene rings is 2. The van der Waals surface area contributed by atoms with Gasteiger partial charge in [-0.2, -0.15) is 0 Å². The van der Waals surface area contributed by atoms with Gasteiger partial charge in [0, 0.05) is 11.6 Å². The van der Waals surface area contributed by atoms with Gasteiger partial charge in [0.2, 0.25) is 10.0 Å². The molecule has 1 heterocycles. The summed E-state index contributed by atoms with van der Waals surface area (Å²) >= 11 is 0. The molecule has 24 heavy (non-hydrogen) atoms. The van der Waals surface area contributed by atoms with Crippen molar-refractivity contribution in [1.29, 1.82) is 0 Å². The monoisotopic (exact) mass is 347 g/mol. The minimum absolute atomic E-state index is 0.0296. The Kier molecular flexibility index (Phi) is 4.50. The Morgan fingerprint density at radius 2 is 1.96 bits per heavy atom. The molecular formula is C16H17N3O4S. The molecule has 0 saturated carbocycles. The fourth-order valence-electron chi connectivity index (χ4n) is 2.48. The standard InChI is InChI=1S/C16H17N3O4S/c1-3-22-14-9-5-4-7-12(14)11(2)19-24(20,21)15-10-6-8-13-16(15)18-23-17-13/h4-11,19H,3H2,1-2H3/t11-/m1/s1. The number of nitrogens with one attached hydrogen (secondary N) is 1. The molecule has 0 amide bonds. The first-order valence-corrected chi connectivity index (χ1v) is 8.96. The molecule has 0 aliphatic heterocycles. The van der Waals surface area contributed by atoms with E-state index in [-0.39, 0.29) is 10.4 Å². The maximum absolute atomic E-state index is 12.7. The predicted octanol–water partition coefficient (Wildman–Crippen LogP) is 2.66. The van der Waals surface area contributed by atoms with E-state index in [0.29, 0.717) is 17.9 Å². The quantitative estimate of drug-likeness (QED) is 0.737. The van der Waals surface area contributed by atoms with Crippen LogP contribution in [0.15, 0.2) is 52.0 Å². The van der Waals surface area contributed by atoms with Gasteiger partial charge >= 0.3 is 0 Å². The number of para-hydroxylation sites is 1. The first-order chi connectivity index (χ1) is 11.5. The zero-order valence-corrected chi connectivity index (χ0v) is 14.1. The second-order valence-corrected chi connectivity index (χ2v) is 6.88. The van der Waals surface area contributed by atoms with Crippen molar-refractivity contribution in [3.8, 4) is 5.75 Å². The van der Waals surface area contributed by atoms with Crippen LogP contribution in [0.3, 0.4) is 0 Å². The van der Waals surface area contributed by atoms with Crippen molar-refractivity contribution in [2.24, 2.45) is 0 Å². The minimum Gasteiger partial charge on any atom is -0.494 e. The van der Waals surface area contributed by atoms with Crippen LogP contribution >= 0.6 is 0 Å². The van der Waals surface area contributed by atoms with E-state index in [1.807, 2.05) is 31.2 Å². The summed E-state index contributed by atoms with van der Waals surface area (Å²) in [6, 6.07) is 11.5. The Morgan fingerprint density at radius 1 is 1.17 bits per heavy atom. The van der Waals surface area contributed by atoms with Crippen LogP contribution in [-0.4, -0.2) is 25.3 Å². The minimum atomic E-state index is -3.80. The van der Waals surface area contributed by atoms with Gasteiger partial charge in [0.1, 0.15) is 16.2 Å². The lowest BCUT2D eigenvalue weighted by molar-refractivity contribution is 0.315. The lowest BCUT2D eigenvalue weighted by atomic mass is 10.1. The maximum Gasteiger partial charge on any atom is 0.243 e. The van der Waals surface area contributed by atoms with Gasteiger partial charge in [-0.15, -0.1) is 0 Å². The van der Waals surface area contributed by atoms with Gasteiger partial charge in [-0.25, -0.2) is 17.8 Å². The van der Waals surface area contributed by atoms with Crippen LogP contribution < -0.4 is 9.46 Å². The molecule has 0 aliphatic rings. The molecule has 0 bridgehead atoms. The number of aromatic nitrogens is 2. The normalized spacial score (nSPS) is 13.1. The molecule has 3 aromatic rings. The fraction of sp³-hybridized carbons (Fsp3) is 0.250. The molecule has 0 fully saturated rings. The van der Waals surface area contributed by atoms with Gasteiger partial charge in [-0.1, -0.05) is 24.3 Å². The van der Waals surface area contributed by atoms with E-state index in [0.717, 1.165) is 5.56 Å². The topological polar surface area (TPSA) is 94.3 Å². The van der Waals surface area contributed by atoms with Crippen molar-refractivity contribution in [3.05, 3.63) is 48.0 Å². The Morgan fingerprint density at radius 3 is 2.75 bits per heavy atom. The van der Waals surface area contributed by atoms with Crippen molar-refractivity contribution in [3.63, 3.8) is 0 Å². The zero-order chi connectivity index (χ0) is 17.2. The maximum atomic E-state index is 12.7. The molecular weight excluding hydrogens is 330 g/mol. The molecule has 1 atom stereocenters. The van der Waals surface area contributed by atoms with E-state index in [1.54, 1.807) is 19.1 Å². The Hall–Kier alpha value is -2.45. The van der Waals surface area contributed by atoms with Gasteiger partial charge < -0.3 is 4.74 Å². The number of hydrogen-bond acceptors (Lipinski definition) is 6. The lowest BCUT2D eigenvalue weighted by Crippen LogP contribution is -2.27. The van der Waals surface area contributed by atoms with Crippen LogP contribution in [-0.2, 0) is 10.0 Å². The van der Waals surface area contributed by atoms with Crippen LogP contribution in [0.1, 0.15) is 25.5 Å². The Labute approximate surface area is 139 Å². The zero-order valence-electron chi connectivity index (χ0n) is 13.3. The van der Waals surface area contributed by atoms with Gasteiger partial charge in [0.25, 0.3) is 0 Å². The molecule has 7 nitrogen and oxygen atoms in total. The molecule has 0 spiro atoms. The summed E-state index contributed by atoms with van der Waals surface area (Å²) in [5, 5.41) is 7.35. The highest BCUT2D eigenvalue weighted by atomic mass is 32.2. The molecule has 0 aliphatic carbocycles. The number of nitrogens with zero attached hydrogens (tertiary/aromatic N) is 2. The summed E-state index contributed by atoms with van der Waals surface area (Å²) in [5.74, 6) is 0.650. The van der Waals surface area contributed by atoms with E-state index in [4.69, 9.17) is 4.74 Å². The van der Waals surface area contributed by atoms with Crippen LogP contribution in [0.4, 0.5) is 0 Å². The van der Waals surface area contributed by atoms with E-state index in [1.165, 1.54) is 6.07 Å². The van der Waals surface area contributed by atoms with Crippen LogP contribution in [0.25, 0.3) is 11.0 Å². The average molecular weight is 347 g/mol. The summed E-state index contributed by atoms with van der Waals surface area (Å²) in [6.45, 7) is 4.14. The van der Waals surface area contributed by atoms with Crippen LogP contribution in [0.5, 0.6) is 5.75 Å². The number of rotatable bonds is 6. The highest BCUT2D eigenvalue weighted by molar-refractivity contribution is 7.89. The predicted molar refractivity (Wildman–Crippen MR) is 88.2 cm³/mol. The fourth-order valence-corrected chi connectivity index (χ4v) is 3.86. The number of fused-ring (bicyclic) bond motifs is 1. The van der Waals surface area contributed by atoms with Gasteiger partial charge in [-0.05, 0) is 42.4 Å². The Balaban J connectivity index is 1.94. The summed E-state index contributed by atoms with van der Waals surface area (Å²) in [6.07, 6.45) is 0. The van der Waals surface area contributed by atoms with Crippen LogP contribution in [0.2, 0.25) is 0 Å². The van der Waals surface area contributed by atoms with Gasteiger partial charge in [0.15, 0.2) is 5.52 Å². The second-order valence-electron chi connectivity index (χ2n) is 5.20. The average Bonchev–Trinajstić information content (AvgIpc) is 3.03. The third-order valence-corrected chi connectivity index (χ3v) is 5.13. The van der Waals surface area contributed by atoms with E-state index >= 15 is 0 Å². The van der Waals surface area contributed by atoms with Crippen molar-refractivity contribution in [2.45, 2.75) is 24.8 Å². The van der Waals surface area contributed by atoms with Gasteiger partial charge in [0.05, 0.1) is 6.61 Å². The molecule has 1 N–H and O–H groups in total. The molecule has 0 unspecified atom stereocenters. The third-order valence-electron chi connectivity index (χ3n) is 3.56. The van der Waals surface area contributed by atoms with Crippen molar-refractivity contribution in [2.75, 3.05) is 6.61 Å². The van der Waals surface area contributed by atoms with Gasteiger partial charge in [-0.3, -0.25) is 0 Å². The third kappa shape index (κ3) is 3.10. The molecule has 8 heteroatoms. The summed E-state index contributed by atoms with van der Waals surface area (Å²) in [5.41, 5.74) is 1.35. The van der Waals surface area contributed by atoms with Crippen molar-refractivity contribution >= 4 is 21.1 Å². The van der Waals surface area contributed by atoms with Crippen molar-refractivity contribution in [1.82, 2.24) is 15.0 Å². The number of ether oxygens (including phenoxy) is 1. The summed E-state index contributed by atoms with van der Waals surface area (Å²) in [4.78, 5) is 0.0296. The molecule has 1 aromatic heterocycles. The first kappa shape index (κ1) is 16.4. The summed E-state index contributed by atoms with van der Waals surface area (Å²) < 4.78 is 38.3. The number of sulfonamides is 1. The Bertz CT molecular complexity index is 953. The van der Waals surface area contributed by atoms with Crippen LogP contribution in [0, 0.1) is 0 Å². The highest BCUT2D eigenvalue weighted by Crippen LogP contribution is 2.27. The molecule has 126 valence electrons. The molecule has 2 aromatic carbocycles. The molecule has 0 radical (unpaired) electrons.